The van der Waals surface area contributed by atoms with E-state index in [-0.39, 0.29) is 11.9 Å². The first-order valence-corrected chi connectivity index (χ1v) is 9.73. The topological polar surface area (TPSA) is 81.9 Å². The first-order valence-electron chi connectivity index (χ1n) is 9.73. The number of guanidine groups is 1. The molecule has 1 aliphatic rings. The number of carbonyl (C=O) groups excluding carboxylic acids is 1. The van der Waals surface area contributed by atoms with Crippen molar-refractivity contribution in [3.63, 3.8) is 0 Å². The third kappa shape index (κ3) is 6.71. The number of hydrogen-bond donors (Lipinski definition) is 3. The molecular weight excluding hydrogens is 330 g/mol. The van der Waals surface area contributed by atoms with E-state index in [1.165, 1.54) is 19.3 Å². The molecule has 2 heterocycles. The SMILES string of the molecule is CCCNC(=O)CCNC(=NC)NCC(c1ccco1)N1CCCCC1. The fourth-order valence-corrected chi connectivity index (χ4v) is 3.18. The Bertz CT molecular complexity index is 538. The quantitative estimate of drug-likeness (QED) is 0.461. The van der Waals surface area contributed by atoms with Crippen LogP contribution < -0.4 is 16.0 Å². The molecule has 1 saturated heterocycles. The summed E-state index contributed by atoms with van der Waals surface area (Å²) in [6.07, 6.45) is 6.89. The predicted molar refractivity (Wildman–Crippen MR) is 104 cm³/mol. The lowest BCUT2D eigenvalue weighted by molar-refractivity contribution is -0.120. The second-order valence-corrected chi connectivity index (χ2v) is 6.61. The normalized spacial score (nSPS) is 16.9. The summed E-state index contributed by atoms with van der Waals surface area (Å²) in [6.45, 7) is 6.24. The van der Waals surface area contributed by atoms with Gasteiger partial charge in [0.05, 0.1) is 12.3 Å². The number of nitrogens with zero attached hydrogens (tertiary/aromatic N) is 2. The summed E-state index contributed by atoms with van der Waals surface area (Å²) >= 11 is 0. The van der Waals surface area contributed by atoms with Gasteiger partial charge in [0.2, 0.25) is 5.91 Å². The number of carbonyl (C=O) groups is 1. The minimum absolute atomic E-state index is 0.0663. The Labute approximate surface area is 156 Å². The van der Waals surface area contributed by atoms with Gasteiger partial charge < -0.3 is 20.4 Å². The highest BCUT2D eigenvalue weighted by atomic mass is 16.3. The Hall–Kier alpha value is -2.02. The predicted octanol–water partition coefficient (Wildman–Crippen LogP) is 1.89. The molecule has 7 heteroatoms. The van der Waals surface area contributed by atoms with E-state index in [0.29, 0.717) is 18.9 Å². The van der Waals surface area contributed by atoms with Crippen LogP contribution in [0.25, 0.3) is 0 Å². The number of rotatable bonds is 9. The maximum absolute atomic E-state index is 11.7. The molecule has 0 saturated carbocycles. The van der Waals surface area contributed by atoms with Gasteiger partial charge in [-0.25, -0.2) is 0 Å². The van der Waals surface area contributed by atoms with Crippen molar-refractivity contribution in [2.45, 2.75) is 45.1 Å². The average molecular weight is 364 g/mol. The van der Waals surface area contributed by atoms with Gasteiger partial charge in [0.25, 0.3) is 0 Å². The first-order chi connectivity index (χ1) is 12.7. The molecule has 1 aromatic rings. The molecule has 1 amide bonds. The molecule has 26 heavy (non-hydrogen) atoms. The molecule has 2 rings (SSSR count). The number of nitrogens with one attached hydrogen (secondary N) is 3. The summed E-state index contributed by atoms with van der Waals surface area (Å²) in [5.41, 5.74) is 0. The van der Waals surface area contributed by atoms with Crippen LogP contribution in [0, 0.1) is 0 Å². The Morgan fingerprint density at radius 2 is 2.04 bits per heavy atom. The highest BCUT2D eigenvalue weighted by molar-refractivity contribution is 5.81. The summed E-state index contributed by atoms with van der Waals surface area (Å²) in [5.74, 6) is 1.76. The van der Waals surface area contributed by atoms with Crippen LogP contribution in [0.2, 0.25) is 0 Å². The molecule has 0 spiro atoms. The molecule has 7 nitrogen and oxygen atoms in total. The largest absolute Gasteiger partial charge is 0.468 e. The Morgan fingerprint density at radius 3 is 2.69 bits per heavy atom. The van der Waals surface area contributed by atoms with Gasteiger partial charge in [-0.05, 0) is 44.5 Å². The summed E-state index contributed by atoms with van der Waals surface area (Å²) in [7, 11) is 1.75. The first kappa shape index (κ1) is 20.3. The maximum atomic E-state index is 11.7. The molecular formula is C19H33N5O2. The number of piperidine rings is 1. The van der Waals surface area contributed by atoms with Gasteiger partial charge in [0.15, 0.2) is 5.96 Å². The second-order valence-electron chi connectivity index (χ2n) is 6.61. The molecule has 1 aromatic heterocycles. The average Bonchev–Trinajstić information content (AvgIpc) is 3.20. The van der Waals surface area contributed by atoms with Crippen LogP contribution in [0.3, 0.4) is 0 Å². The molecule has 1 aliphatic heterocycles. The molecule has 1 unspecified atom stereocenters. The van der Waals surface area contributed by atoms with Crippen LogP contribution in [0.4, 0.5) is 0 Å². The zero-order valence-electron chi connectivity index (χ0n) is 16.1. The van der Waals surface area contributed by atoms with E-state index in [1.54, 1.807) is 13.3 Å². The summed E-state index contributed by atoms with van der Waals surface area (Å²) in [6, 6.07) is 4.17. The number of amides is 1. The third-order valence-electron chi connectivity index (χ3n) is 4.61. The number of hydrogen-bond acceptors (Lipinski definition) is 4. The van der Waals surface area contributed by atoms with Gasteiger partial charge in [-0.15, -0.1) is 0 Å². The zero-order valence-corrected chi connectivity index (χ0v) is 16.1. The van der Waals surface area contributed by atoms with Crippen LogP contribution in [-0.4, -0.2) is 56.5 Å². The highest BCUT2D eigenvalue weighted by Gasteiger charge is 2.24. The molecule has 0 bridgehead atoms. The van der Waals surface area contributed by atoms with E-state index >= 15 is 0 Å². The number of aliphatic imine (C=N–C) groups is 1. The van der Waals surface area contributed by atoms with Crippen molar-refractivity contribution < 1.29 is 9.21 Å². The monoisotopic (exact) mass is 363 g/mol. The highest BCUT2D eigenvalue weighted by Crippen LogP contribution is 2.24. The molecule has 0 aliphatic carbocycles. The van der Waals surface area contributed by atoms with E-state index in [1.807, 2.05) is 19.1 Å². The Morgan fingerprint density at radius 1 is 1.23 bits per heavy atom. The van der Waals surface area contributed by atoms with Crippen LogP contribution in [0.15, 0.2) is 27.8 Å². The van der Waals surface area contributed by atoms with Gasteiger partial charge >= 0.3 is 0 Å². The van der Waals surface area contributed by atoms with Crippen LogP contribution in [-0.2, 0) is 4.79 Å². The van der Waals surface area contributed by atoms with E-state index in [9.17, 15) is 4.79 Å². The molecule has 3 N–H and O–H groups in total. The Balaban J connectivity index is 1.81. The fourth-order valence-electron chi connectivity index (χ4n) is 3.18. The van der Waals surface area contributed by atoms with E-state index in [2.05, 4.69) is 25.8 Å². The maximum Gasteiger partial charge on any atom is 0.221 e. The van der Waals surface area contributed by atoms with Gasteiger partial charge in [0.1, 0.15) is 5.76 Å². The van der Waals surface area contributed by atoms with Crippen molar-refractivity contribution in [2.24, 2.45) is 4.99 Å². The van der Waals surface area contributed by atoms with E-state index < -0.39 is 0 Å². The summed E-state index contributed by atoms with van der Waals surface area (Å²) in [4.78, 5) is 18.4. The summed E-state index contributed by atoms with van der Waals surface area (Å²) in [5, 5.41) is 9.46. The van der Waals surface area contributed by atoms with Crippen molar-refractivity contribution in [2.75, 3.05) is 39.8 Å². The summed E-state index contributed by atoms with van der Waals surface area (Å²) < 4.78 is 5.67. The number of likely N-dealkylation sites (tertiary alicyclic amines) is 1. The van der Waals surface area contributed by atoms with Crippen LogP contribution in [0.1, 0.15) is 50.8 Å². The zero-order chi connectivity index (χ0) is 18.6. The van der Waals surface area contributed by atoms with Crippen LogP contribution >= 0.6 is 0 Å². The van der Waals surface area contributed by atoms with Crippen molar-refractivity contribution >= 4 is 11.9 Å². The Kier molecular flexibility index (Phi) is 9.03. The minimum Gasteiger partial charge on any atom is -0.468 e. The van der Waals surface area contributed by atoms with Crippen LogP contribution in [0.5, 0.6) is 0 Å². The van der Waals surface area contributed by atoms with E-state index in [4.69, 9.17) is 4.42 Å². The van der Waals surface area contributed by atoms with Gasteiger partial charge in [0, 0.05) is 33.1 Å². The number of furan rings is 1. The lowest BCUT2D eigenvalue weighted by Crippen LogP contribution is -2.45. The van der Waals surface area contributed by atoms with Crippen molar-refractivity contribution in [3.05, 3.63) is 24.2 Å². The third-order valence-corrected chi connectivity index (χ3v) is 4.61. The van der Waals surface area contributed by atoms with Gasteiger partial charge in [-0.2, -0.15) is 0 Å². The molecule has 1 fully saturated rings. The lowest BCUT2D eigenvalue weighted by atomic mass is 10.1. The van der Waals surface area contributed by atoms with Gasteiger partial charge in [-0.1, -0.05) is 13.3 Å². The van der Waals surface area contributed by atoms with Gasteiger partial charge in [-0.3, -0.25) is 14.7 Å². The smallest absolute Gasteiger partial charge is 0.221 e. The van der Waals surface area contributed by atoms with Crippen molar-refractivity contribution in [3.8, 4) is 0 Å². The second kappa shape index (κ2) is 11.6. The minimum atomic E-state index is 0.0663. The fraction of sp³-hybridized carbons (Fsp3) is 0.684. The van der Waals surface area contributed by atoms with Crippen molar-refractivity contribution in [1.82, 2.24) is 20.9 Å². The van der Waals surface area contributed by atoms with E-state index in [0.717, 1.165) is 38.4 Å². The molecule has 146 valence electrons. The molecule has 1 atom stereocenters. The molecule has 0 aromatic carbocycles. The van der Waals surface area contributed by atoms with Crippen molar-refractivity contribution in [1.29, 1.82) is 0 Å². The standard InChI is InChI=1S/C19H33N5O2/c1-3-10-21-18(25)9-11-22-19(20-2)23-15-16(17-8-7-14-26-17)24-12-5-4-6-13-24/h7-8,14,16H,3-6,9-13,15H2,1-2H3,(H,21,25)(H2,20,22,23). The lowest BCUT2D eigenvalue weighted by Gasteiger charge is -2.33. The molecule has 0 radical (unpaired) electrons.